The molecule has 0 spiro atoms. The number of benzene rings is 1. The SMILES string of the molecule is CC(=O)OC1C(O)[C@@H](O)CO[C@@H]1Oc1c(C)cc2c(c1O)[C@@H](C)CC[C@@H]2[C@@H](C)CCC=C(C)C. The molecule has 1 aliphatic heterocycles. The van der Waals surface area contributed by atoms with Crippen LogP contribution in [0.3, 0.4) is 0 Å². The molecule has 0 amide bonds. The Kier molecular flexibility index (Phi) is 8.66. The van der Waals surface area contributed by atoms with Crippen molar-refractivity contribution in [2.45, 2.75) is 104 Å². The second-order valence-corrected chi connectivity index (χ2v) is 10.2. The summed E-state index contributed by atoms with van der Waals surface area (Å²) in [6, 6.07) is 2.09. The summed E-state index contributed by atoms with van der Waals surface area (Å²) in [6.07, 6.45) is 1.54. The highest BCUT2D eigenvalue weighted by molar-refractivity contribution is 5.66. The van der Waals surface area contributed by atoms with E-state index in [4.69, 9.17) is 14.2 Å². The van der Waals surface area contributed by atoms with Crippen molar-refractivity contribution in [1.82, 2.24) is 0 Å². The van der Waals surface area contributed by atoms with E-state index in [1.807, 2.05) is 6.92 Å². The fraction of sp³-hybridized carbons (Fsp3) is 0.667. The number of esters is 1. The molecule has 2 aliphatic rings. The van der Waals surface area contributed by atoms with Crippen LogP contribution in [0.1, 0.15) is 88.8 Å². The van der Waals surface area contributed by atoms with Gasteiger partial charge in [0.05, 0.1) is 6.61 Å². The Morgan fingerprint density at radius 2 is 1.97 bits per heavy atom. The van der Waals surface area contributed by atoms with Crippen LogP contribution in [0, 0.1) is 12.8 Å². The molecule has 0 aromatic heterocycles. The average Bonchev–Trinajstić information content (AvgIpc) is 2.75. The largest absolute Gasteiger partial charge is 0.504 e. The Bertz CT molecular complexity index is 905. The lowest BCUT2D eigenvalue weighted by Crippen LogP contribution is -2.56. The fourth-order valence-electron chi connectivity index (χ4n) is 5.25. The first kappa shape index (κ1) is 26.5. The molecule has 1 fully saturated rings. The van der Waals surface area contributed by atoms with Crippen molar-refractivity contribution in [2.75, 3.05) is 6.61 Å². The first-order valence-corrected chi connectivity index (χ1v) is 12.3. The number of rotatable bonds is 7. The van der Waals surface area contributed by atoms with Crippen LogP contribution < -0.4 is 4.74 Å². The number of aliphatic hydroxyl groups excluding tert-OH is 2. The summed E-state index contributed by atoms with van der Waals surface area (Å²) in [5.41, 5.74) is 4.14. The molecule has 190 valence electrons. The van der Waals surface area contributed by atoms with Gasteiger partial charge in [-0.1, -0.05) is 31.6 Å². The van der Waals surface area contributed by atoms with Crippen LogP contribution in [0.2, 0.25) is 0 Å². The van der Waals surface area contributed by atoms with E-state index in [9.17, 15) is 20.1 Å². The fourth-order valence-corrected chi connectivity index (χ4v) is 5.25. The molecular formula is C27H40O7. The first-order valence-electron chi connectivity index (χ1n) is 12.3. The predicted molar refractivity (Wildman–Crippen MR) is 129 cm³/mol. The molecule has 1 heterocycles. The minimum Gasteiger partial charge on any atom is -0.504 e. The third-order valence-electron chi connectivity index (χ3n) is 7.14. The Morgan fingerprint density at radius 3 is 2.62 bits per heavy atom. The van der Waals surface area contributed by atoms with Crippen LogP contribution in [-0.4, -0.2) is 52.5 Å². The maximum atomic E-state index is 11.6. The molecule has 3 rings (SSSR count). The zero-order chi connectivity index (χ0) is 25.2. The number of fused-ring (bicyclic) bond motifs is 1. The van der Waals surface area contributed by atoms with Gasteiger partial charge in [-0.25, -0.2) is 0 Å². The molecule has 1 aromatic carbocycles. The molecule has 1 aromatic rings. The summed E-state index contributed by atoms with van der Waals surface area (Å²) in [7, 11) is 0. The molecule has 7 nitrogen and oxygen atoms in total. The molecule has 0 bridgehead atoms. The number of aryl methyl sites for hydroxylation is 1. The maximum Gasteiger partial charge on any atom is 0.303 e. The maximum absolute atomic E-state index is 11.6. The lowest BCUT2D eigenvalue weighted by Gasteiger charge is -2.38. The van der Waals surface area contributed by atoms with Crippen molar-refractivity contribution >= 4 is 5.97 Å². The molecule has 2 unspecified atom stereocenters. The quantitative estimate of drug-likeness (QED) is 0.394. The number of allylic oxidation sites excluding steroid dienone is 2. The zero-order valence-electron chi connectivity index (χ0n) is 21.2. The van der Waals surface area contributed by atoms with Gasteiger partial charge in [-0.3, -0.25) is 4.79 Å². The van der Waals surface area contributed by atoms with Crippen LogP contribution in [0.15, 0.2) is 17.7 Å². The van der Waals surface area contributed by atoms with E-state index in [-0.39, 0.29) is 24.0 Å². The van der Waals surface area contributed by atoms with E-state index >= 15 is 0 Å². The molecule has 0 saturated carbocycles. The highest BCUT2D eigenvalue weighted by Gasteiger charge is 2.43. The zero-order valence-corrected chi connectivity index (χ0v) is 21.2. The first-order chi connectivity index (χ1) is 16.0. The summed E-state index contributed by atoms with van der Waals surface area (Å²) in [4.78, 5) is 11.6. The number of aliphatic hydroxyl groups is 2. The second-order valence-electron chi connectivity index (χ2n) is 10.2. The van der Waals surface area contributed by atoms with E-state index in [0.29, 0.717) is 11.8 Å². The van der Waals surface area contributed by atoms with Crippen molar-refractivity contribution in [3.63, 3.8) is 0 Å². The van der Waals surface area contributed by atoms with Crippen molar-refractivity contribution in [3.05, 3.63) is 34.4 Å². The molecule has 3 N–H and O–H groups in total. The predicted octanol–water partition coefficient (Wildman–Crippen LogP) is 4.45. The number of phenols is 1. The van der Waals surface area contributed by atoms with E-state index < -0.39 is 30.6 Å². The highest BCUT2D eigenvalue weighted by Crippen LogP contribution is 2.51. The summed E-state index contributed by atoms with van der Waals surface area (Å²) in [6.45, 7) is 11.5. The number of phenolic OH excluding ortho intramolecular Hbond substituents is 1. The smallest absolute Gasteiger partial charge is 0.303 e. The van der Waals surface area contributed by atoms with E-state index in [2.05, 4.69) is 39.8 Å². The molecule has 7 heteroatoms. The Hall–Kier alpha value is -2.09. The molecule has 1 aliphatic carbocycles. The molecular weight excluding hydrogens is 436 g/mol. The monoisotopic (exact) mass is 476 g/mol. The van der Waals surface area contributed by atoms with E-state index in [0.717, 1.165) is 36.8 Å². The number of ether oxygens (including phenoxy) is 3. The van der Waals surface area contributed by atoms with Gasteiger partial charge in [0.1, 0.15) is 12.2 Å². The van der Waals surface area contributed by atoms with Crippen LogP contribution in [-0.2, 0) is 14.3 Å². The average molecular weight is 477 g/mol. The van der Waals surface area contributed by atoms with Gasteiger partial charge in [0.15, 0.2) is 17.6 Å². The minimum absolute atomic E-state index is 0.0782. The molecule has 1 saturated heterocycles. The summed E-state index contributed by atoms with van der Waals surface area (Å²) >= 11 is 0. The summed E-state index contributed by atoms with van der Waals surface area (Å²) < 4.78 is 16.8. The van der Waals surface area contributed by atoms with Gasteiger partial charge in [0, 0.05) is 12.5 Å². The van der Waals surface area contributed by atoms with Crippen LogP contribution >= 0.6 is 0 Å². The van der Waals surface area contributed by atoms with E-state index in [1.54, 1.807) is 0 Å². The third-order valence-corrected chi connectivity index (χ3v) is 7.14. The second kappa shape index (κ2) is 11.1. The van der Waals surface area contributed by atoms with Crippen molar-refractivity contribution in [2.24, 2.45) is 5.92 Å². The number of aromatic hydroxyl groups is 1. The van der Waals surface area contributed by atoms with Gasteiger partial charge in [0.2, 0.25) is 6.29 Å². The Labute approximate surface area is 202 Å². The van der Waals surface area contributed by atoms with Gasteiger partial charge in [-0.2, -0.15) is 0 Å². The normalized spacial score (nSPS) is 29.6. The Balaban J connectivity index is 1.90. The van der Waals surface area contributed by atoms with Gasteiger partial charge >= 0.3 is 5.97 Å². The molecule has 7 atom stereocenters. The van der Waals surface area contributed by atoms with Gasteiger partial charge in [-0.05, 0) is 75.3 Å². The van der Waals surface area contributed by atoms with Crippen molar-refractivity contribution < 1.29 is 34.3 Å². The van der Waals surface area contributed by atoms with Gasteiger partial charge in [-0.15, -0.1) is 0 Å². The Morgan fingerprint density at radius 1 is 1.26 bits per heavy atom. The number of carbonyl (C=O) groups excluding carboxylic acids is 1. The standard InChI is InChI=1S/C27H40O7/c1-14(2)8-7-9-15(3)19-11-10-16(4)22-20(19)12-17(5)25(24(22)31)34-27-26(33-18(6)28)23(30)21(29)13-32-27/h8,12,15-16,19,21,23,26-27,29-31H,7,9-11,13H2,1-6H3/t15-,16-,19+,21-,23?,26?,27+/m0/s1. The third kappa shape index (κ3) is 5.75. The van der Waals surface area contributed by atoms with Crippen LogP contribution in [0.4, 0.5) is 0 Å². The highest BCUT2D eigenvalue weighted by atomic mass is 16.7. The summed E-state index contributed by atoms with van der Waals surface area (Å²) in [5.74, 6) is 0.707. The number of hydrogen-bond acceptors (Lipinski definition) is 7. The topological polar surface area (TPSA) is 105 Å². The van der Waals surface area contributed by atoms with E-state index in [1.165, 1.54) is 18.1 Å². The number of hydrogen-bond donors (Lipinski definition) is 3. The van der Waals surface area contributed by atoms with Crippen molar-refractivity contribution in [3.8, 4) is 11.5 Å². The lowest BCUT2D eigenvalue weighted by molar-refractivity contribution is -0.250. The molecule has 34 heavy (non-hydrogen) atoms. The van der Waals surface area contributed by atoms with Crippen molar-refractivity contribution in [1.29, 1.82) is 0 Å². The van der Waals surface area contributed by atoms with Gasteiger partial charge < -0.3 is 29.5 Å². The van der Waals surface area contributed by atoms with Gasteiger partial charge in [0.25, 0.3) is 0 Å². The minimum atomic E-state index is -1.35. The molecule has 0 radical (unpaired) electrons. The number of carbonyl (C=O) groups is 1. The van der Waals surface area contributed by atoms with Crippen LogP contribution in [0.25, 0.3) is 0 Å². The summed E-state index contributed by atoms with van der Waals surface area (Å²) in [5, 5.41) is 31.6. The lowest BCUT2D eigenvalue weighted by atomic mass is 9.70. The van der Waals surface area contributed by atoms with Crippen LogP contribution in [0.5, 0.6) is 11.5 Å².